The van der Waals surface area contributed by atoms with E-state index in [0.717, 1.165) is 39.5 Å². The van der Waals surface area contributed by atoms with Gasteiger partial charge < -0.3 is 14.7 Å². The van der Waals surface area contributed by atoms with Gasteiger partial charge in [0.1, 0.15) is 12.6 Å². The van der Waals surface area contributed by atoms with E-state index in [1.54, 1.807) is 0 Å². The average molecular weight is 488 g/mol. The first-order valence-electron chi connectivity index (χ1n) is 10.9. The van der Waals surface area contributed by atoms with Crippen molar-refractivity contribution in [3.05, 3.63) is 76.7 Å². The molecule has 178 valence electrons. The number of benzene rings is 1. The monoisotopic (exact) mass is 487 g/mol. The zero-order valence-corrected chi connectivity index (χ0v) is 21.5. The maximum atomic E-state index is 10.6. The van der Waals surface area contributed by atoms with Crippen LogP contribution in [0.15, 0.2) is 54.3 Å². The number of pyridine rings is 1. The molecule has 0 fully saturated rings. The molecule has 0 saturated carbocycles. The number of aliphatic hydroxyl groups is 1. The fraction of sp³-hybridized carbons (Fsp3) is 0.385. The van der Waals surface area contributed by atoms with E-state index in [1.165, 1.54) is 6.20 Å². The molecular formula is C26H34ClN3O2S. The molecule has 2 aromatic rings. The van der Waals surface area contributed by atoms with Gasteiger partial charge in [0.15, 0.2) is 0 Å². The quantitative estimate of drug-likeness (QED) is 0.232. The number of aliphatic imine (C=N–C) groups is 1. The minimum atomic E-state index is -0.654. The van der Waals surface area contributed by atoms with E-state index in [2.05, 4.69) is 47.5 Å². The summed E-state index contributed by atoms with van der Waals surface area (Å²) in [5.74, 6) is 1.75. The molecule has 1 aliphatic rings. The number of amidine groups is 1. The Morgan fingerprint density at radius 3 is 2.85 bits per heavy atom. The third-order valence-electron chi connectivity index (χ3n) is 5.65. The number of rotatable bonds is 9. The van der Waals surface area contributed by atoms with Crippen LogP contribution < -0.4 is 0 Å². The van der Waals surface area contributed by atoms with Crippen molar-refractivity contribution in [1.29, 1.82) is 0 Å². The van der Waals surface area contributed by atoms with Crippen LogP contribution in [0, 0.1) is 0 Å². The van der Waals surface area contributed by atoms with E-state index in [1.807, 2.05) is 42.3 Å². The van der Waals surface area contributed by atoms with Crippen LogP contribution in [-0.4, -0.2) is 71.3 Å². The summed E-state index contributed by atoms with van der Waals surface area (Å²) in [6.07, 6.45) is 13.0. The van der Waals surface area contributed by atoms with Crippen LogP contribution >= 0.6 is 21.6 Å². The van der Waals surface area contributed by atoms with Crippen LogP contribution in [0.4, 0.5) is 0 Å². The lowest BCUT2D eigenvalue weighted by Crippen LogP contribution is -2.43. The molecule has 5 nitrogen and oxygen atoms in total. The second kappa shape index (κ2) is 11.3. The Hall–Kier alpha value is -2.12. The van der Waals surface area contributed by atoms with Gasteiger partial charge in [-0.3, -0.25) is 4.98 Å². The Balaban J connectivity index is 2.04. The second-order valence-corrected chi connectivity index (χ2v) is 14.0. The highest BCUT2D eigenvalue weighted by Crippen LogP contribution is 2.36. The van der Waals surface area contributed by atoms with Gasteiger partial charge >= 0.3 is 0 Å². The standard InChI is InChI=1S/C26H34ClN3O2S/c1-6-28-19(2)30(18-32-12-13-33(3,4)5)26(17-31)24-14-21-8-7-11-29-25(21)15-20-9-10-22(27)16-23(20)24/h6-11,14,16,26,31H,1,12-13,15,17-18H2,2-5H3. The summed E-state index contributed by atoms with van der Waals surface area (Å²) in [7, 11) is -0.654. The highest BCUT2D eigenvalue weighted by Gasteiger charge is 2.28. The number of aromatic nitrogens is 1. The minimum Gasteiger partial charge on any atom is -0.394 e. The van der Waals surface area contributed by atoms with Crippen molar-refractivity contribution >= 4 is 39.1 Å². The summed E-state index contributed by atoms with van der Waals surface area (Å²) in [6.45, 7) is 6.52. The summed E-state index contributed by atoms with van der Waals surface area (Å²) in [4.78, 5) is 11.0. The highest BCUT2D eigenvalue weighted by atomic mass is 35.5. The van der Waals surface area contributed by atoms with Crippen LogP contribution in [0.5, 0.6) is 0 Å². The summed E-state index contributed by atoms with van der Waals surface area (Å²) in [5, 5.41) is 11.3. The number of hydrogen-bond donors (Lipinski definition) is 1. The molecule has 1 heterocycles. The Labute approximate surface area is 204 Å². The number of ether oxygens (including phenoxy) is 1. The Morgan fingerprint density at radius 1 is 1.36 bits per heavy atom. The summed E-state index contributed by atoms with van der Waals surface area (Å²) in [5.41, 5.74) is 5.13. The Kier molecular flexibility index (Phi) is 8.76. The molecule has 33 heavy (non-hydrogen) atoms. The zero-order chi connectivity index (χ0) is 24.0. The third-order valence-corrected chi connectivity index (χ3v) is 7.28. The van der Waals surface area contributed by atoms with Crippen molar-refractivity contribution in [3.63, 3.8) is 0 Å². The van der Waals surface area contributed by atoms with Gasteiger partial charge in [0.25, 0.3) is 0 Å². The van der Waals surface area contributed by atoms with Crippen molar-refractivity contribution in [1.82, 2.24) is 9.88 Å². The first-order valence-corrected chi connectivity index (χ1v) is 14.3. The van der Waals surface area contributed by atoms with Gasteiger partial charge in [-0.15, -0.1) is 0 Å². The number of nitrogens with zero attached hydrogens (tertiary/aromatic N) is 3. The van der Waals surface area contributed by atoms with Crippen LogP contribution in [0.2, 0.25) is 5.02 Å². The fourth-order valence-electron chi connectivity index (χ4n) is 3.85. The molecule has 3 rings (SSSR count). The van der Waals surface area contributed by atoms with E-state index in [-0.39, 0.29) is 12.6 Å². The fourth-order valence-corrected chi connectivity index (χ4v) is 4.64. The molecule has 1 aromatic heterocycles. The summed E-state index contributed by atoms with van der Waals surface area (Å²) < 4.78 is 6.08. The van der Waals surface area contributed by atoms with Crippen molar-refractivity contribution in [2.24, 2.45) is 4.99 Å². The second-order valence-electron chi connectivity index (χ2n) is 8.98. The Morgan fingerprint density at radius 2 is 2.15 bits per heavy atom. The molecule has 0 saturated heterocycles. The average Bonchev–Trinajstić information content (AvgIpc) is 2.92. The lowest BCUT2D eigenvalue weighted by atomic mass is 9.93. The van der Waals surface area contributed by atoms with Crippen LogP contribution in [0.1, 0.15) is 29.3 Å². The molecular weight excluding hydrogens is 454 g/mol. The van der Waals surface area contributed by atoms with Gasteiger partial charge in [0.2, 0.25) is 0 Å². The number of hydrogen-bond acceptors (Lipinski definition) is 4. The number of aliphatic hydroxyl groups excluding tert-OH is 1. The SMILES string of the molecule is C=CN=C(C)N(COCCS(C)(C)C)C(CO)C1=Cc2cccnc2Cc2ccc(Cl)cc21. The van der Waals surface area contributed by atoms with Crippen molar-refractivity contribution < 1.29 is 9.84 Å². The molecule has 0 aliphatic heterocycles. The molecule has 1 unspecified atom stereocenters. The van der Waals surface area contributed by atoms with Crippen LogP contribution in [-0.2, 0) is 11.2 Å². The van der Waals surface area contributed by atoms with Crippen molar-refractivity contribution in [2.45, 2.75) is 19.4 Å². The molecule has 7 heteroatoms. The molecule has 1 atom stereocenters. The smallest absolute Gasteiger partial charge is 0.120 e. The lowest BCUT2D eigenvalue weighted by Gasteiger charge is -2.34. The minimum absolute atomic E-state index is 0.106. The Bertz CT molecular complexity index is 1050. The van der Waals surface area contributed by atoms with Crippen molar-refractivity contribution in [2.75, 3.05) is 44.5 Å². The molecule has 0 spiro atoms. The normalized spacial score (nSPS) is 15.1. The maximum Gasteiger partial charge on any atom is 0.120 e. The van der Waals surface area contributed by atoms with Crippen LogP contribution in [0.25, 0.3) is 11.6 Å². The van der Waals surface area contributed by atoms with Gasteiger partial charge in [0, 0.05) is 29.6 Å². The van der Waals surface area contributed by atoms with Gasteiger partial charge in [-0.05, 0) is 72.2 Å². The van der Waals surface area contributed by atoms with E-state index in [9.17, 15) is 5.11 Å². The van der Waals surface area contributed by atoms with E-state index < -0.39 is 10.0 Å². The van der Waals surface area contributed by atoms with Crippen molar-refractivity contribution in [3.8, 4) is 0 Å². The van der Waals surface area contributed by atoms with E-state index in [4.69, 9.17) is 16.3 Å². The molecule has 1 aliphatic carbocycles. The van der Waals surface area contributed by atoms with Crippen LogP contribution in [0.3, 0.4) is 0 Å². The van der Waals surface area contributed by atoms with Gasteiger partial charge in [-0.1, -0.05) is 30.3 Å². The number of fused-ring (bicyclic) bond motifs is 2. The summed E-state index contributed by atoms with van der Waals surface area (Å²) >= 11 is 6.41. The predicted molar refractivity (Wildman–Crippen MR) is 143 cm³/mol. The molecule has 0 radical (unpaired) electrons. The molecule has 0 bridgehead atoms. The summed E-state index contributed by atoms with van der Waals surface area (Å²) in [6, 6.07) is 9.53. The number of halogens is 1. The molecule has 0 amide bonds. The molecule has 1 N–H and O–H groups in total. The maximum absolute atomic E-state index is 10.6. The zero-order valence-electron chi connectivity index (χ0n) is 19.9. The largest absolute Gasteiger partial charge is 0.394 e. The van der Waals surface area contributed by atoms with Gasteiger partial charge in [-0.25, -0.2) is 15.0 Å². The lowest BCUT2D eigenvalue weighted by molar-refractivity contribution is 0.0529. The third kappa shape index (κ3) is 6.70. The highest BCUT2D eigenvalue weighted by molar-refractivity contribution is 8.32. The first kappa shape index (κ1) is 25.5. The first-order chi connectivity index (χ1) is 15.7. The van der Waals surface area contributed by atoms with Gasteiger partial charge in [-0.2, -0.15) is 0 Å². The van der Waals surface area contributed by atoms with E-state index >= 15 is 0 Å². The predicted octanol–water partition coefficient (Wildman–Crippen LogP) is 5.07. The van der Waals surface area contributed by atoms with Gasteiger partial charge in [0.05, 0.1) is 24.9 Å². The molecule has 1 aromatic carbocycles. The van der Waals surface area contributed by atoms with E-state index in [0.29, 0.717) is 24.8 Å². The topological polar surface area (TPSA) is 58.0 Å².